The van der Waals surface area contributed by atoms with Crippen molar-refractivity contribution in [3.63, 3.8) is 0 Å². The summed E-state index contributed by atoms with van der Waals surface area (Å²) in [6.07, 6.45) is 2.56. The number of amides is 1. The van der Waals surface area contributed by atoms with Crippen LogP contribution in [-0.4, -0.2) is 33.9 Å². The Morgan fingerprint density at radius 3 is 2.87 bits per heavy atom. The van der Waals surface area contributed by atoms with Crippen LogP contribution in [0.4, 0.5) is 0 Å². The molecule has 0 spiro atoms. The summed E-state index contributed by atoms with van der Waals surface area (Å²) in [5.41, 5.74) is 7.32. The Morgan fingerprint density at radius 2 is 2.00 bits per heavy atom. The van der Waals surface area contributed by atoms with Crippen LogP contribution in [0.5, 0.6) is 5.75 Å². The summed E-state index contributed by atoms with van der Waals surface area (Å²) in [7, 11) is 0. The number of rotatable bonds is 7. The predicted molar refractivity (Wildman–Crippen MR) is 118 cm³/mol. The van der Waals surface area contributed by atoms with E-state index in [1.165, 1.54) is 0 Å². The van der Waals surface area contributed by atoms with Gasteiger partial charge in [-0.25, -0.2) is 5.43 Å². The number of carbonyl (C=O) groups is 1. The Kier molecular flexibility index (Phi) is 5.61. The number of benzene rings is 2. The van der Waals surface area contributed by atoms with E-state index in [4.69, 9.17) is 4.74 Å². The minimum absolute atomic E-state index is 0.322. The molecular formula is C23H23N5O2. The molecule has 2 aromatic carbocycles. The molecule has 0 fully saturated rings. The molecule has 0 aliphatic carbocycles. The minimum Gasteiger partial charge on any atom is -0.493 e. The molecular weight excluding hydrogens is 378 g/mol. The molecule has 30 heavy (non-hydrogen) atoms. The number of para-hydroxylation sites is 2. The molecule has 1 amide bonds. The van der Waals surface area contributed by atoms with Crippen LogP contribution in [0.2, 0.25) is 0 Å². The van der Waals surface area contributed by atoms with Crippen molar-refractivity contribution in [3.05, 3.63) is 71.5 Å². The van der Waals surface area contributed by atoms with Gasteiger partial charge in [0.05, 0.1) is 18.5 Å². The Bertz CT molecular complexity index is 1210. The summed E-state index contributed by atoms with van der Waals surface area (Å²) < 4.78 is 5.78. The van der Waals surface area contributed by atoms with Crippen LogP contribution in [-0.2, 0) is 0 Å². The number of hydrogen-bond acceptors (Lipinski definition) is 4. The van der Waals surface area contributed by atoms with Gasteiger partial charge in [-0.1, -0.05) is 37.3 Å². The van der Waals surface area contributed by atoms with E-state index in [2.05, 4.69) is 32.6 Å². The summed E-state index contributed by atoms with van der Waals surface area (Å²) in [5.74, 6) is 0.375. The van der Waals surface area contributed by atoms with E-state index in [9.17, 15) is 4.79 Å². The second kappa shape index (κ2) is 8.65. The van der Waals surface area contributed by atoms with Gasteiger partial charge in [0.15, 0.2) is 0 Å². The zero-order valence-corrected chi connectivity index (χ0v) is 16.9. The first-order valence-corrected chi connectivity index (χ1v) is 9.85. The topological polar surface area (TPSA) is 95.2 Å². The van der Waals surface area contributed by atoms with Crippen molar-refractivity contribution in [1.82, 2.24) is 20.6 Å². The number of fused-ring (bicyclic) bond motifs is 1. The van der Waals surface area contributed by atoms with Crippen LogP contribution < -0.4 is 10.2 Å². The molecule has 0 unspecified atom stereocenters. The highest BCUT2D eigenvalue weighted by molar-refractivity contribution is 6.01. The zero-order chi connectivity index (χ0) is 20.9. The first-order chi connectivity index (χ1) is 14.7. The number of ether oxygens (including phenoxy) is 1. The lowest BCUT2D eigenvalue weighted by molar-refractivity contribution is 0.0950. The van der Waals surface area contributed by atoms with E-state index in [1.54, 1.807) is 12.3 Å². The highest BCUT2D eigenvalue weighted by Gasteiger charge is 2.14. The van der Waals surface area contributed by atoms with E-state index >= 15 is 0 Å². The standard InChI is InChI=1S/C23H23N5O2/c1-3-12-30-22-11-7-5-9-17(22)20-13-21(27-26-20)23(29)28-24-14-18-15(2)25-19-10-6-4-8-16(18)19/h4-11,13-14,25H,3,12H2,1-2H3,(H,26,27)(H,28,29). The quantitative estimate of drug-likeness (QED) is 0.316. The van der Waals surface area contributed by atoms with Crippen LogP contribution >= 0.6 is 0 Å². The van der Waals surface area contributed by atoms with Crippen molar-refractivity contribution < 1.29 is 9.53 Å². The number of aromatic amines is 2. The third-order valence-electron chi connectivity index (χ3n) is 4.75. The normalized spacial score (nSPS) is 11.3. The number of nitrogens with zero attached hydrogens (tertiary/aromatic N) is 2. The summed E-state index contributed by atoms with van der Waals surface area (Å²) in [6.45, 7) is 4.65. The summed E-state index contributed by atoms with van der Waals surface area (Å²) in [5, 5.41) is 12.2. The lowest BCUT2D eigenvalue weighted by Gasteiger charge is -2.08. The molecule has 0 bridgehead atoms. The van der Waals surface area contributed by atoms with Gasteiger partial charge in [-0.2, -0.15) is 10.2 Å². The Hall–Kier alpha value is -3.87. The fourth-order valence-corrected chi connectivity index (χ4v) is 3.27. The van der Waals surface area contributed by atoms with E-state index in [0.717, 1.165) is 39.9 Å². The second-order valence-electron chi connectivity index (χ2n) is 6.92. The molecule has 0 aliphatic heterocycles. The van der Waals surface area contributed by atoms with E-state index < -0.39 is 0 Å². The molecule has 0 radical (unpaired) electrons. The maximum atomic E-state index is 12.5. The van der Waals surface area contributed by atoms with Crippen LogP contribution in [0.25, 0.3) is 22.2 Å². The third-order valence-corrected chi connectivity index (χ3v) is 4.75. The number of aromatic nitrogens is 3. The van der Waals surface area contributed by atoms with Crippen molar-refractivity contribution in [2.75, 3.05) is 6.61 Å². The SMILES string of the molecule is CCCOc1ccccc1-c1cc(C(=O)NN=Cc2c(C)[nH]c3ccccc23)[nH]n1. The Morgan fingerprint density at radius 1 is 1.20 bits per heavy atom. The highest BCUT2D eigenvalue weighted by atomic mass is 16.5. The lowest BCUT2D eigenvalue weighted by Crippen LogP contribution is -2.18. The molecule has 0 atom stereocenters. The Labute approximate surface area is 174 Å². The van der Waals surface area contributed by atoms with Gasteiger partial charge in [-0.05, 0) is 37.6 Å². The van der Waals surface area contributed by atoms with Crippen molar-refractivity contribution in [2.45, 2.75) is 20.3 Å². The number of aryl methyl sites for hydroxylation is 1. The average Bonchev–Trinajstić information content (AvgIpc) is 3.37. The zero-order valence-electron chi connectivity index (χ0n) is 16.9. The van der Waals surface area contributed by atoms with E-state index in [0.29, 0.717) is 18.0 Å². The van der Waals surface area contributed by atoms with Gasteiger partial charge in [0.2, 0.25) is 0 Å². The monoisotopic (exact) mass is 401 g/mol. The largest absolute Gasteiger partial charge is 0.493 e. The maximum Gasteiger partial charge on any atom is 0.289 e. The van der Waals surface area contributed by atoms with Gasteiger partial charge in [0, 0.05) is 27.7 Å². The average molecular weight is 401 g/mol. The van der Waals surface area contributed by atoms with Crippen LogP contribution in [0.1, 0.15) is 35.1 Å². The molecule has 7 nitrogen and oxygen atoms in total. The fraction of sp³-hybridized carbons (Fsp3) is 0.174. The van der Waals surface area contributed by atoms with Gasteiger partial charge in [-0.3, -0.25) is 9.89 Å². The fourth-order valence-electron chi connectivity index (χ4n) is 3.27. The first-order valence-electron chi connectivity index (χ1n) is 9.85. The van der Waals surface area contributed by atoms with Gasteiger partial charge < -0.3 is 9.72 Å². The third kappa shape index (κ3) is 3.96. The molecule has 7 heteroatoms. The number of carbonyl (C=O) groups excluding carboxylic acids is 1. The molecule has 4 aromatic rings. The molecule has 3 N–H and O–H groups in total. The van der Waals surface area contributed by atoms with Crippen molar-refractivity contribution >= 4 is 23.0 Å². The van der Waals surface area contributed by atoms with Crippen LogP contribution in [0, 0.1) is 6.92 Å². The van der Waals surface area contributed by atoms with Crippen LogP contribution in [0.15, 0.2) is 59.7 Å². The number of H-pyrrole nitrogens is 2. The molecule has 0 saturated carbocycles. The van der Waals surface area contributed by atoms with Gasteiger partial charge in [0.25, 0.3) is 5.91 Å². The molecule has 2 aromatic heterocycles. The van der Waals surface area contributed by atoms with E-state index in [-0.39, 0.29) is 5.91 Å². The number of hydrogen-bond donors (Lipinski definition) is 3. The summed E-state index contributed by atoms with van der Waals surface area (Å²) in [6, 6.07) is 17.3. The van der Waals surface area contributed by atoms with Gasteiger partial charge >= 0.3 is 0 Å². The predicted octanol–water partition coefficient (Wildman–Crippen LogP) is 4.42. The van der Waals surface area contributed by atoms with Crippen molar-refractivity contribution in [2.24, 2.45) is 5.10 Å². The minimum atomic E-state index is -0.366. The molecule has 0 aliphatic rings. The number of nitrogens with one attached hydrogen (secondary N) is 3. The lowest BCUT2D eigenvalue weighted by atomic mass is 10.1. The van der Waals surface area contributed by atoms with E-state index in [1.807, 2.05) is 55.5 Å². The van der Waals surface area contributed by atoms with Crippen molar-refractivity contribution in [3.8, 4) is 17.0 Å². The van der Waals surface area contributed by atoms with Crippen molar-refractivity contribution in [1.29, 1.82) is 0 Å². The first kappa shape index (κ1) is 19.4. The smallest absolute Gasteiger partial charge is 0.289 e. The summed E-state index contributed by atoms with van der Waals surface area (Å²) >= 11 is 0. The number of hydrazone groups is 1. The molecule has 2 heterocycles. The highest BCUT2D eigenvalue weighted by Crippen LogP contribution is 2.28. The maximum absolute atomic E-state index is 12.5. The second-order valence-corrected chi connectivity index (χ2v) is 6.92. The molecule has 0 saturated heterocycles. The Balaban J connectivity index is 1.49. The molecule has 152 valence electrons. The van der Waals surface area contributed by atoms with Gasteiger partial charge in [0.1, 0.15) is 11.4 Å². The van der Waals surface area contributed by atoms with Crippen LogP contribution in [0.3, 0.4) is 0 Å². The molecule has 4 rings (SSSR count). The summed E-state index contributed by atoms with van der Waals surface area (Å²) in [4.78, 5) is 15.8. The van der Waals surface area contributed by atoms with Gasteiger partial charge in [-0.15, -0.1) is 0 Å².